The molecule has 0 saturated carbocycles. The van der Waals surface area contributed by atoms with Gasteiger partial charge in [0.25, 0.3) is 0 Å². The van der Waals surface area contributed by atoms with E-state index in [1.54, 1.807) is 0 Å². The second kappa shape index (κ2) is 10.00. The number of hydrogen-bond acceptors (Lipinski definition) is 4. The van der Waals surface area contributed by atoms with Crippen molar-refractivity contribution in [2.75, 3.05) is 0 Å². The first-order valence-corrected chi connectivity index (χ1v) is 15.0. The lowest BCUT2D eigenvalue weighted by molar-refractivity contribution is 0.666. The summed E-state index contributed by atoms with van der Waals surface area (Å²) in [4.78, 5) is 14.8. The molecule has 5 nitrogen and oxygen atoms in total. The Kier molecular flexibility index (Phi) is 5.65. The van der Waals surface area contributed by atoms with E-state index in [1.165, 1.54) is 16.3 Å². The van der Waals surface area contributed by atoms with Crippen molar-refractivity contribution in [3.63, 3.8) is 0 Å². The normalized spacial score (nSPS) is 11.7. The van der Waals surface area contributed by atoms with E-state index < -0.39 is 0 Å². The van der Waals surface area contributed by atoms with Gasteiger partial charge < -0.3 is 8.98 Å². The maximum Gasteiger partial charge on any atom is 0.164 e. The van der Waals surface area contributed by atoms with E-state index >= 15 is 0 Å². The molecule has 0 aliphatic carbocycles. The van der Waals surface area contributed by atoms with E-state index in [0.717, 1.165) is 55.4 Å². The van der Waals surface area contributed by atoms with Crippen molar-refractivity contribution < 1.29 is 4.42 Å². The topological polar surface area (TPSA) is 56.7 Å². The molecule has 5 heteroatoms. The molecule has 0 radical (unpaired) electrons. The molecule has 0 spiro atoms. The Morgan fingerprint density at radius 3 is 1.71 bits per heavy atom. The molecular weight excluding hydrogens is 552 g/mol. The van der Waals surface area contributed by atoms with E-state index in [1.807, 2.05) is 66.7 Å². The molecule has 6 aromatic carbocycles. The number of fused-ring (bicyclic) bond motifs is 6. The molecule has 0 atom stereocenters. The number of aryl methyl sites for hydroxylation is 1. The molecule has 0 bridgehead atoms. The third-order valence-electron chi connectivity index (χ3n) is 8.52. The predicted molar refractivity (Wildman–Crippen MR) is 182 cm³/mol. The van der Waals surface area contributed by atoms with Crippen molar-refractivity contribution in [2.24, 2.45) is 0 Å². The van der Waals surface area contributed by atoms with Gasteiger partial charge in [-0.1, -0.05) is 97.1 Å². The van der Waals surface area contributed by atoms with Crippen LogP contribution in [-0.2, 0) is 0 Å². The highest BCUT2D eigenvalue weighted by Crippen LogP contribution is 2.40. The van der Waals surface area contributed by atoms with Crippen molar-refractivity contribution >= 4 is 43.7 Å². The Morgan fingerprint density at radius 2 is 1.04 bits per heavy atom. The van der Waals surface area contributed by atoms with Crippen molar-refractivity contribution in [2.45, 2.75) is 6.92 Å². The SMILES string of the molecule is Cc1cc(-c2nc(-c3ccccc3)nc(-c3ccccc3)n2)cc2c1oc1cc3c(cc12)c1ccccc1n3-c1ccccc1. The molecule has 9 aromatic rings. The van der Waals surface area contributed by atoms with Gasteiger partial charge in [-0.05, 0) is 48.9 Å². The van der Waals surface area contributed by atoms with Gasteiger partial charge in [-0.15, -0.1) is 0 Å². The third kappa shape index (κ3) is 4.13. The van der Waals surface area contributed by atoms with E-state index in [2.05, 4.69) is 84.3 Å². The molecule has 0 aliphatic heterocycles. The first-order chi connectivity index (χ1) is 22.2. The molecule has 0 saturated heterocycles. The van der Waals surface area contributed by atoms with Gasteiger partial charge in [0.2, 0.25) is 0 Å². The molecule has 212 valence electrons. The van der Waals surface area contributed by atoms with Gasteiger partial charge in [0.15, 0.2) is 17.5 Å². The highest BCUT2D eigenvalue weighted by Gasteiger charge is 2.19. The number of furan rings is 1. The number of hydrogen-bond donors (Lipinski definition) is 0. The fourth-order valence-electron chi connectivity index (χ4n) is 6.43. The zero-order valence-corrected chi connectivity index (χ0v) is 24.5. The Hall–Kier alpha value is -6.07. The minimum Gasteiger partial charge on any atom is -0.456 e. The molecule has 3 aromatic heterocycles. The average Bonchev–Trinajstić information content (AvgIpc) is 3.63. The fourth-order valence-corrected chi connectivity index (χ4v) is 6.43. The molecule has 45 heavy (non-hydrogen) atoms. The van der Waals surface area contributed by atoms with E-state index in [4.69, 9.17) is 19.4 Å². The summed E-state index contributed by atoms with van der Waals surface area (Å²) in [7, 11) is 0. The quantitative estimate of drug-likeness (QED) is 0.208. The van der Waals surface area contributed by atoms with Crippen molar-refractivity contribution in [1.29, 1.82) is 0 Å². The maximum absolute atomic E-state index is 6.59. The van der Waals surface area contributed by atoms with Crippen LogP contribution in [0.15, 0.2) is 144 Å². The summed E-state index contributed by atoms with van der Waals surface area (Å²) < 4.78 is 8.90. The van der Waals surface area contributed by atoms with Gasteiger partial charge in [-0.3, -0.25) is 0 Å². The van der Waals surface area contributed by atoms with Crippen LogP contribution < -0.4 is 0 Å². The highest BCUT2D eigenvalue weighted by atomic mass is 16.3. The summed E-state index contributed by atoms with van der Waals surface area (Å²) in [5.41, 5.74) is 8.97. The van der Waals surface area contributed by atoms with Crippen molar-refractivity contribution in [3.05, 3.63) is 145 Å². The Bertz CT molecular complexity index is 2470. The lowest BCUT2D eigenvalue weighted by atomic mass is 10.0. The Morgan fingerprint density at radius 1 is 0.467 bits per heavy atom. The van der Waals surface area contributed by atoms with E-state index in [-0.39, 0.29) is 0 Å². The highest BCUT2D eigenvalue weighted by molar-refractivity contribution is 6.18. The van der Waals surface area contributed by atoms with Gasteiger partial charge in [0.05, 0.1) is 11.0 Å². The summed E-state index contributed by atoms with van der Waals surface area (Å²) in [6.07, 6.45) is 0. The third-order valence-corrected chi connectivity index (χ3v) is 8.52. The van der Waals surface area contributed by atoms with Gasteiger partial charge in [-0.25, -0.2) is 15.0 Å². The molecule has 3 heterocycles. The second-order valence-corrected chi connectivity index (χ2v) is 11.4. The van der Waals surface area contributed by atoms with Crippen LogP contribution in [-0.4, -0.2) is 19.5 Å². The number of para-hydroxylation sites is 2. The number of nitrogens with zero attached hydrogens (tertiary/aromatic N) is 4. The first kappa shape index (κ1) is 25.4. The van der Waals surface area contributed by atoms with Crippen molar-refractivity contribution in [3.8, 4) is 39.9 Å². The smallest absolute Gasteiger partial charge is 0.164 e. The average molecular weight is 579 g/mol. The van der Waals surface area contributed by atoms with E-state index in [9.17, 15) is 0 Å². The first-order valence-electron chi connectivity index (χ1n) is 15.0. The monoisotopic (exact) mass is 578 g/mol. The number of aromatic nitrogens is 4. The van der Waals surface area contributed by atoms with Crippen molar-refractivity contribution in [1.82, 2.24) is 19.5 Å². The molecule has 0 aliphatic rings. The maximum atomic E-state index is 6.59. The number of benzene rings is 6. The van der Waals surface area contributed by atoms with Gasteiger partial charge >= 0.3 is 0 Å². The Balaban J connectivity index is 1.29. The minimum absolute atomic E-state index is 0.629. The summed E-state index contributed by atoms with van der Waals surface area (Å²) >= 11 is 0. The predicted octanol–water partition coefficient (Wildman–Crippen LogP) is 10.2. The summed E-state index contributed by atoms with van der Waals surface area (Å²) in [6.45, 7) is 2.09. The van der Waals surface area contributed by atoms with Crippen LogP contribution in [0, 0.1) is 6.92 Å². The van der Waals surface area contributed by atoms with Crippen LogP contribution in [0.3, 0.4) is 0 Å². The molecule has 0 fully saturated rings. The Labute approximate surface area is 259 Å². The molecule has 9 rings (SSSR count). The zero-order valence-electron chi connectivity index (χ0n) is 24.5. The summed E-state index contributed by atoms with van der Waals surface area (Å²) in [5.74, 6) is 1.91. The van der Waals surface area contributed by atoms with Gasteiger partial charge in [-0.2, -0.15) is 0 Å². The van der Waals surface area contributed by atoms with E-state index in [0.29, 0.717) is 17.5 Å². The summed E-state index contributed by atoms with van der Waals surface area (Å²) in [6, 6.07) is 47.9. The largest absolute Gasteiger partial charge is 0.456 e. The standard InChI is InChI=1S/C40H26N4O/c1-25-21-28(40-42-38(26-13-5-2-6-14-26)41-39(43-40)27-15-7-3-8-16-27)22-33-32-23-31-30-19-11-12-20-34(30)44(29-17-9-4-10-18-29)35(31)24-36(32)45-37(25)33/h2-24H,1H3. The summed E-state index contributed by atoms with van der Waals surface area (Å²) in [5, 5.41) is 4.50. The van der Waals surface area contributed by atoms with Crippen LogP contribution in [0.1, 0.15) is 5.56 Å². The van der Waals surface area contributed by atoms with Gasteiger partial charge in [0, 0.05) is 50.0 Å². The lowest BCUT2D eigenvalue weighted by Crippen LogP contribution is -2.00. The number of rotatable bonds is 4. The van der Waals surface area contributed by atoms with Crippen LogP contribution >= 0.6 is 0 Å². The fraction of sp³-hybridized carbons (Fsp3) is 0.0250. The second-order valence-electron chi connectivity index (χ2n) is 11.4. The molecule has 0 unspecified atom stereocenters. The zero-order chi connectivity index (χ0) is 29.9. The minimum atomic E-state index is 0.629. The molecule has 0 amide bonds. The van der Waals surface area contributed by atoms with Crippen LogP contribution in [0.25, 0.3) is 83.6 Å². The lowest BCUT2D eigenvalue weighted by Gasteiger charge is -2.09. The van der Waals surface area contributed by atoms with Crippen LogP contribution in [0.4, 0.5) is 0 Å². The molecule has 0 N–H and O–H groups in total. The van der Waals surface area contributed by atoms with Gasteiger partial charge in [0.1, 0.15) is 11.2 Å². The molecular formula is C40H26N4O. The van der Waals surface area contributed by atoms with Crippen LogP contribution in [0.2, 0.25) is 0 Å². The van der Waals surface area contributed by atoms with Crippen LogP contribution in [0.5, 0.6) is 0 Å².